The molecule has 0 unspecified atom stereocenters. The van der Waals surface area contributed by atoms with Gasteiger partial charge in [-0.05, 0) is 19.9 Å². The molecule has 0 aliphatic heterocycles. The summed E-state index contributed by atoms with van der Waals surface area (Å²) in [5, 5.41) is 17.0. The first-order valence-corrected chi connectivity index (χ1v) is 5.28. The molecule has 0 aliphatic carbocycles. The first kappa shape index (κ1) is 11.4. The highest BCUT2D eigenvalue weighted by atomic mass is 16.4. The van der Waals surface area contributed by atoms with Gasteiger partial charge in [0.15, 0.2) is 5.65 Å². The first-order chi connectivity index (χ1) is 8.00. The van der Waals surface area contributed by atoms with Crippen molar-refractivity contribution in [1.82, 2.24) is 14.8 Å². The maximum absolute atomic E-state index is 10.8. The van der Waals surface area contributed by atoms with Crippen LogP contribution in [0.5, 0.6) is 0 Å². The minimum absolute atomic E-state index is 0.653. The zero-order valence-corrected chi connectivity index (χ0v) is 9.93. The van der Waals surface area contributed by atoms with Crippen molar-refractivity contribution in [3.8, 4) is 0 Å². The van der Waals surface area contributed by atoms with Gasteiger partial charge in [0.05, 0.1) is 11.1 Å². The third-order valence-electron chi connectivity index (χ3n) is 2.64. The van der Waals surface area contributed by atoms with Crippen LogP contribution in [0, 0.1) is 6.92 Å². The highest BCUT2D eigenvalue weighted by Gasteiger charge is 2.15. The monoisotopic (exact) mass is 234 g/mol. The minimum Gasteiger partial charge on any atom is -0.480 e. The van der Waals surface area contributed by atoms with E-state index in [0.717, 1.165) is 22.4 Å². The van der Waals surface area contributed by atoms with E-state index in [1.54, 1.807) is 23.9 Å². The minimum atomic E-state index is -0.892. The predicted octanol–water partition coefficient (Wildman–Crippen LogP) is 1.16. The number of nitrogens with zero attached hydrogens (tertiary/aromatic N) is 3. The molecule has 0 amide bonds. The average Bonchev–Trinajstić information content (AvgIpc) is 2.55. The molecule has 2 aromatic heterocycles. The number of hydrogen-bond acceptors (Lipinski definition) is 4. The highest BCUT2D eigenvalue weighted by Crippen LogP contribution is 2.24. The number of carbonyl (C=O) groups is 1. The Hall–Kier alpha value is -2.11. The Bertz CT molecular complexity index is 576. The molecule has 2 heterocycles. The van der Waals surface area contributed by atoms with Crippen LogP contribution in [-0.2, 0) is 11.8 Å². The van der Waals surface area contributed by atoms with Gasteiger partial charge in [0.25, 0.3) is 0 Å². The number of aliphatic carboxylic acids is 1. The summed E-state index contributed by atoms with van der Waals surface area (Å²) in [6, 6.07) is 1.11. The van der Waals surface area contributed by atoms with E-state index in [9.17, 15) is 4.79 Å². The number of aryl methyl sites for hydroxylation is 2. The lowest BCUT2D eigenvalue weighted by molar-refractivity contribution is -0.137. The molecule has 6 nitrogen and oxygen atoms in total. The van der Waals surface area contributed by atoms with Gasteiger partial charge in [-0.1, -0.05) is 0 Å². The molecule has 17 heavy (non-hydrogen) atoms. The lowest BCUT2D eigenvalue weighted by atomic mass is 10.2. The summed E-state index contributed by atoms with van der Waals surface area (Å²) >= 11 is 0. The maximum Gasteiger partial charge on any atom is 0.325 e. The molecule has 1 atom stereocenters. The van der Waals surface area contributed by atoms with Crippen LogP contribution in [0.25, 0.3) is 11.0 Å². The predicted molar refractivity (Wildman–Crippen MR) is 64.0 cm³/mol. The average molecular weight is 234 g/mol. The number of anilines is 1. The highest BCUT2D eigenvalue weighted by molar-refractivity contribution is 5.93. The molecule has 0 aliphatic rings. The summed E-state index contributed by atoms with van der Waals surface area (Å²) in [6.45, 7) is 3.47. The van der Waals surface area contributed by atoms with Crippen LogP contribution in [0.15, 0.2) is 12.3 Å². The second kappa shape index (κ2) is 4.04. The van der Waals surface area contributed by atoms with Crippen LogP contribution < -0.4 is 5.32 Å². The van der Waals surface area contributed by atoms with Crippen molar-refractivity contribution >= 4 is 22.7 Å². The van der Waals surface area contributed by atoms with Gasteiger partial charge in [-0.15, -0.1) is 0 Å². The lowest BCUT2D eigenvalue weighted by Gasteiger charge is -2.11. The van der Waals surface area contributed by atoms with Gasteiger partial charge in [0.1, 0.15) is 6.04 Å². The normalized spacial score (nSPS) is 12.6. The van der Waals surface area contributed by atoms with Gasteiger partial charge in [0.2, 0.25) is 0 Å². The summed E-state index contributed by atoms with van der Waals surface area (Å²) in [6.07, 6.45) is 1.64. The molecule has 0 spiro atoms. The van der Waals surface area contributed by atoms with Gasteiger partial charge in [-0.2, -0.15) is 5.10 Å². The second-order valence-corrected chi connectivity index (χ2v) is 3.97. The van der Waals surface area contributed by atoms with E-state index in [2.05, 4.69) is 15.4 Å². The summed E-state index contributed by atoms with van der Waals surface area (Å²) in [4.78, 5) is 15.1. The van der Waals surface area contributed by atoms with Crippen LogP contribution in [-0.4, -0.2) is 31.9 Å². The largest absolute Gasteiger partial charge is 0.480 e. The molecular formula is C11H14N4O2. The number of aromatic nitrogens is 3. The van der Waals surface area contributed by atoms with E-state index >= 15 is 0 Å². The molecule has 0 bridgehead atoms. The third kappa shape index (κ3) is 1.93. The van der Waals surface area contributed by atoms with Gasteiger partial charge in [0, 0.05) is 18.9 Å². The van der Waals surface area contributed by atoms with Gasteiger partial charge in [-0.3, -0.25) is 9.48 Å². The second-order valence-electron chi connectivity index (χ2n) is 3.97. The lowest BCUT2D eigenvalue weighted by Crippen LogP contribution is -2.25. The molecule has 90 valence electrons. The zero-order valence-electron chi connectivity index (χ0n) is 9.93. The Morgan fingerprint density at radius 2 is 2.29 bits per heavy atom. The van der Waals surface area contributed by atoms with E-state index in [1.165, 1.54) is 0 Å². The van der Waals surface area contributed by atoms with Crippen molar-refractivity contribution < 1.29 is 9.90 Å². The summed E-state index contributed by atoms with van der Waals surface area (Å²) in [7, 11) is 1.81. The smallest absolute Gasteiger partial charge is 0.325 e. The standard InChI is InChI=1S/C11H14N4O2/c1-6-9-8(13-7(2)11(16)17)4-5-12-10(9)15(3)14-6/h4-5,7H,1-3H3,(H,12,13)(H,16,17)/t7-/m1/s1. The van der Waals surface area contributed by atoms with Crippen LogP contribution in [0.2, 0.25) is 0 Å². The molecule has 0 fully saturated rings. The number of carboxylic acids is 1. The SMILES string of the molecule is Cc1nn(C)c2nccc(N[C@H](C)C(=O)O)c12. The Labute approximate surface area is 98.3 Å². The van der Waals surface area contributed by atoms with Crippen molar-refractivity contribution in [3.05, 3.63) is 18.0 Å². The maximum atomic E-state index is 10.8. The quantitative estimate of drug-likeness (QED) is 0.833. The van der Waals surface area contributed by atoms with Gasteiger partial charge in [-0.25, -0.2) is 4.98 Å². The first-order valence-electron chi connectivity index (χ1n) is 5.28. The number of carboxylic acid groups (broad SMARTS) is 1. The third-order valence-corrected chi connectivity index (χ3v) is 2.64. The summed E-state index contributed by atoms with van der Waals surface area (Å²) < 4.78 is 1.68. The summed E-state index contributed by atoms with van der Waals surface area (Å²) in [5.74, 6) is -0.892. The van der Waals surface area contributed by atoms with Crippen LogP contribution in [0.3, 0.4) is 0 Å². The van der Waals surface area contributed by atoms with Crippen molar-refractivity contribution in [2.24, 2.45) is 7.05 Å². The van der Waals surface area contributed by atoms with Crippen molar-refractivity contribution in [3.63, 3.8) is 0 Å². The van der Waals surface area contributed by atoms with Crippen molar-refractivity contribution in [1.29, 1.82) is 0 Å². The molecule has 6 heteroatoms. The zero-order chi connectivity index (χ0) is 12.6. The Morgan fingerprint density at radius 1 is 1.59 bits per heavy atom. The number of pyridine rings is 1. The molecule has 0 saturated carbocycles. The topological polar surface area (TPSA) is 80.0 Å². The number of hydrogen-bond donors (Lipinski definition) is 2. The van der Waals surface area contributed by atoms with E-state index in [1.807, 2.05) is 14.0 Å². The Balaban J connectivity index is 2.51. The Morgan fingerprint density at radius 3 is 2.94 bits per heavy atom. The molecule has 2 aromatic rings. The van der Waals surface area contributed by atoms with Crippen molar-refractivity contribution in [2.45, 2.75) is 19.9 Å². The molecule has 2 N–H and O–H groups in total. The number of rotatable bonds is 3. The summed E-state index contributed by atoms with van der Waals surface area (Å²) in [5.41, 5.74) is 2.32. The Kier molecular flexibility index (Phi) is 2.71. The molecule has 0 radical (unpaired) electrons. The van der Waals surface area contributed by atoms with Gasteiger partial charge >= 0.3 is 5.97 Å². The van der Waals surface area contributed by atoms with E-state index in [-0.39, 0.29) is 0 Å². The van der Waals surface area contributed by atoms with E-state index < -0.39 is 12.0 Å². The molecule has 0 aromatic carbocycles. The van der Waals surface area contributed by atoms with Gasteiger partial charge < -0.3 is 10.4 Å². The molecule has 2 rings (SSSR count). The molecular weight excluding hydrogens is 220 g/mol. The van der Waals surface area contributed by atoms with Crippen LogP contribution >= 0.6 is 0 Å². The van der Waals surface area contributed by atoms with Crippen molar-refractivity contribution in [2.75, 3.05) is 5.32 Å². The van der Waals surface area contributed by atoms with E-state index in [0.29, 0.717) is 0 Å². The number of nitrogens with one attached hydrogen (secondary N) is 1. The van der Waals surface area contributed by atoms with Crippen LogP contribution in [0.1, 0.15) is 12.6 Å². The fraction of sp³-hybridized carbons (Fsp3) is 0.364. The van der Waals surface area contributed by atoms with E-state index in [4.69, 9.17) is 5.11 Å². The fourth-order valence-electron chi connectivity index (χ4n) is 1.79. The number of fused-ring (bicyclic) bond motifs is 1. The fourth-order valence-corrected chi connectivity index (χ4v) is 1.79. The molecule has 0 saturated heterocycles. The van der Waals surface area contributed by atoms with Crippen LogP contribution in [0.4, 0.5) is 5.69 Å².